The molecule has 6 heteroatoms. The second-order valence-corrected chi connectivity index (χ2v) is 5.00. The van der Waals surface area contributed by atoms with Crippen molar-refractivity contribution in [2.45, 2.75) is 19.9 Å². The van der Waals surface area contributed by atoms with Gasteiger partial charge < -0.3 is 10.8 Å². The van der Waals surface area contributed by atoms with Crippen molar-refractivity contribution in [2.24, 2.45) is 11.7 Å². The molecule has 1 atom stereocenters. The summed E-state index contributed by atoms with van der Waals surface area (Å²) in [6.07, 6.45) is 0. The second-order valence-electron chi connectivity index (χ2n) is 4.56. The molecule has 104 valence electrons. The first-order valence-corrected chi connectivity index (χ1v) is 6.25. The normalized spacial score (nSPS) is 12.3. The quantitative estimate of drug-likeness (QED) is 0.863. The van der Waals surface area contributed by atoms with E-state index in [1.165, 1.54) is 0 Å². The van der Waals surface area contributed by atoms with Crippen LogP contribution >= 0.6 is 11.6 Å². The van der Waals surface area contributed by atoms with Gasteiger partial charge in [0.25, 0.3) is 0 Å². The van der Waals surface area contributed by atoms with Gasteiger partial charge in [-0.1, -0.05) is 25.4 Å². The zero-order valence-corrected chi connectivity index (χ0v) is 11.6. The van der Waals surface area contributed by atoms with Crippen LogP contribution in [0.3, 0.4) is 0 Å². The zero-order chi connectivity index (χ0) is 14.6. The molecule has 0 aliphatic heterocycles. The molecule has 0 radical (unpaired) electrons. The van der Waals surface area contributed by atoms with E-state index in [0.717, 1.165) is 4.90 Å². The number of hydrogen-bond acceptors (Lipinski definition) is 3. The lowest BCUT2D eigenvalue weighted by Crippen LogP contribution is -2.48. The highest BCUT2D eigenvalue weighted by Crippen LogP contribution is 2.19. The van der Waals surface area contributed by atoms with Gasteiger partial charge in [0.15, 0.2) is 0 Å². The molecule has 0 saturated heterocycles. The molecule has 1 amide bonds. The van der Waals surface area contributed by atoms with E-state index in [0.29, 0.717) is 10.7 Å². The third-order valence-electron chi connectivity index (χ3n) is 2.70. The SMILES string of the molecule is CC(C)[C@H](N)C(=O)N(CC(=O)O)c1ccc(Cl)cc1. The highest BCUT2D eigenvalue weighted by atomic mass is 35.5. The Morgan fingerprint density at radius 1 is 1.32 bits per heavy atom. The molecular formula is C13H17ClN2O3. The molecule has 19 heavy (non-hydrogen) atoms. The summed E-state index contributed by atoms with van der Waals surface area (Å²) in [6.45, 7) is 3.19. The van der Waals surface area contributed by atoms with Crippen molar-refractivity contribution in [3.05, 3.63) is 29.3 Å². The number of carboxylic acid groups (broad SMARTS) is 1. The number of rotatable bonds is 5. The van der Waals surface area contributed by atoms with Crippen molar-refractivity contribution >= 4 is 29.2 Å². The first kappa shape index (κ1) is 15.5. The van der Waals surface area contributed by atoms with Crippen molar-refractivity contribution in [2.75, 3.05) is 11.4 Å². The van der Waals surface area contributed by atoms with Gasteiger partial charge in [0.05, 0.1) is 6.04 Å². The molecule has 0 spiro atoms. The van der Waals surface area contributed by atoms with Gasteiger partial charge in [-0.2, -0.15) is 0 Å². The Morgan fingerprint density at radius 3 is 2.26 bits per heavy atom. The van der Waals surface area contributed by atoms with E-state index >= 15 is 0 Å². The minimum atomic E-state index is -1.10. The lowest BCUT2D eigenvalue weighted by molar-refractivity contribution is -0.136. The maximum absolute atomic E-state index is 12.2. The first-order chi connectivity index (χ1) is 8.82. The molecule has 0 aliphatic rings. The molecule has 0 unspecified atom stereocenters. The number of nitrogens with zero attached hydrogens (tertiary/aromatic N) is 1. The second kappa shape index (κ2) is 6.54. The van der Waals surface area contributed by atoms with Crippen LogP contribution in [0.4, 0.5) is 5.69 Å². The van der Waals surface area contributed by atoms with Crippen LogP contribution in [0, 0.1) is 5.92 Å². The number of halogens is 1. The molecule has 1 aromatic carbocycles. The number of nitrogens with two attached hydrogens (primary N) is 1. The molecule has 5 nitrogen and oxygen atoms in total. The van der Waals surface area contributed by atoms with E-state index in [9.17, 15) is 9.59 Å². The van der Waals surface area contributed by atoms with Crippen LogP contribution in [0.2, 0.25) is 5.02 Å². The summed E-state index contributed by atoms with van der Waals surface area (Å²) in [7, 11) is 0. The molecule has 1 rings (SSSR count). The van der Waals surface area contributed by atoms with Crippen LogP contribution in [0.25, 0.3) is 0 Å². The summed E-state index contributed by atoms with van der Waals surface area (Å²) in [4.78, 5) is 24.3. The lowest BCUT2D eigenvalue weighted by atomic mass is 10.0. The molecule has 0 aromatic heterocycles. The molecule has 0 heterocycles. The summed E-state index contributed by atoms with van der Waals surface area (Å²) >= 11 is 5.77. The van der Waals surface area contributed by atoms with Crippen LogP contribution in [0.5, 0.6) is 0 Å². The zero-order valence-electron chi connectivity index (χ0n) is 10.8. The number of aliphatic carboxylic acids is 1. The van der Waals surface area contributed by atoms with Crippen LogP contribution in [0.1, 0.15) is 13.8 Å². The average molecular weight is 285 g/mol. The van der Waals surface area contributed by atoms with E-state index in [2.05, 4.69) is 0 Å². The largest absolute Gasteiger partial charge is 0.480 e. The Labute approximate surface area is 117 Å². The van der Waals surface area contributed by atoms with E-state index in [-0.39, 0.29) is 5.92 Å². The molecule has 0 aliphatic carbocycles. The number of amides is 1. The van der Waals surface area contributed by atoms with Gasteiger partial charge in [-0.3, -0.25) is 14.5 Å². The molecule has 0 fully saturated rings. The monoisotopic (exact) mass is 284 g/mol. The molecular weight excluding hydrogens is 268 g/mol. The van der Waals surface area contributed by atoms with E-state index in [4.69, 9.17) is 22.4 Å². The number of carbonyl (C=O) groups excluding carboxylic acids is 1. The van der Waals surface area contributed by atoms with Crippen molar-refractivity contribution in [3.8, 4) is 0 Å². The number of carbonyl (C=O) groups is 2. The first-order valence-electron chi connectivity index (χ1n) is 5.87. The maximum atomic E-state index is 12.2. The fourth-order valence-electron chi connectivity index (χ4n) is 1.52. The van der Waals surface area contributed by atoms with Gasteiger partial charge in [0.1, 0.15) is 6.54 Å². The summed E-state index contributed by atoms with van der Waals surface area (Å²) in [5.41, 5.74) is 6.26. The molecule has 3 N–H and O–H groups in total. The van der Waals surface area contributed by atoms with Crippen molar-refractivity contribution in [1.82, 2.24) is 0 Å². The van der Waals surface area contributed by atoms with Gasteiger partial charge in [-0.05, 0) is 30.2 Å². The Hall–Kier alpha value is -1.59. The minimum absolute atomic E-state index is 0.0731. The third kappa shape index (κ3) is 4.22. The standard InChI is InChI=1S/C13H17ClN2O3/c1-8(2)12(15)13(19)16(7-11(17)18)10-5-3-9(14)4-6-10/h3-6,8,12H,7,15H2,1-2H3,(H,17,18)/t12-/m0/s1. The Morgan fingerprint density at radius 2 is 1.84 bits per heavy atom. The van der Waals surface area contributed by atoms with Gasteiger partial charge >= 0.3 is 5.97 Å². The fourth-order valence-corrected chi connectivity index (χ4v) is 1.64. The highest BCUT2D eigenvalue weighted by molar-refractivity contribution is 6.30. The van der Waals surface area contributed by atoms with Gasteiger partial charge in [-0.15, -0.1) is 0 Å². The van der Waals surface area contributed by atoms with E-state index < -0.39 is 24.5 Å². The van der Waals surface area contributed by atoms with Crippen molar-refractivity contribution in [3.63, 3.8) is 0 Å². The fraction of sp³-hybridized carbons (Fsp3) is 0.385. The maximum Gasteiger partial charge on any atom is 0.323 e. The van der Waals surface area contributed by atoms with Crippen molar-refractivity contribution < 1.29 is 14.7 Å². The number of benzene rings is 1. The third-order valence-corrected chi connectivity index (χ3v) is 2.95. The van der Waals surface area contributed by atoms with Crippen LogP contribution in [-0.2, 0) is 9.59 Å². The number of hydrogen-bond donors (Lipinski definition) is 2. The minimum Gasteiger partial charge on any atom is -0.480 e. The number of carboxylic acids is 1. The Bertz CT molecular complexity index is 459. The average Bonchev–Trinajstić information content (AvgIpc) is 2.35. The molecule has 0 bridgehead atoms. The predicted octanol–water partition coefficient (Wildman–Crippen LogP) is 1.74. The Balaban J connectivity index is 3.04. The highest BCUT2D eigenvalue weighted by Gasteiger charge is 2.26. The summed E-state index contributed by atoms with van der Waals surface area (Å²) in [5, 5.41) is 9.42. The van der Waals surface area contributed by atoms with Crippen LogP contribution in [-0.4, -0.2) is 29.6 Å². The van der Waals surface area contributed by atoms with Gasteiger partial charge in [0, 0.05) is 10.7 Å². The number of anilines is 1. The topological polar surface area (TPSA) is 83.6 Å². The predicted molar refractivity (Wildman–Crippen MR) is 74.3 cm³/mol. The summed E-state index contributed by atoms with van der Waals surface area (Å²) < 4.78 is 0. The van der Waals surface area contributed by atoms with E-state index in [1.54, 1.807) is 24.3 Å². The lowest BCUT2D eigenvalue weighted by Gasteiger charge is -2.26. The van der Waals surface area contributed by atoms with E-state index in [1.807, 2.05) is 13.8 Å². The van der Waals surface area contributed by atoms with Crippen molar-refractivity contribution in [1.29, 1.82) is 0 Å². The Kier molecular flexibility index (Phi) is 5.32. The van der Waals surface area contributed by atoms with Gasteiger partial charge in [0.2, 0.25) is 5.91 Å². The summed E-state index contributed by atoms with van der Waals surface area (Å²) in [5.74, 6) is -1.59. The summed E-state index contributed by atoms with van der Waals surface area (Å²) in [6, 6.07) is 5.64. The smallest absolute Gasteiger partial charge is 0.323 e. The van der Waals surface area contributed by atoms with Crippen LogP contribution in [0.15, 0.2) is 24.3 Å². The van der Waals surface area contributed by atoms with Gasteiger partial charge in [-0.25, -0.2) is 0 Å². The molecule has 1 aromatic rings. The molecule has 0 saturated carbocycles. The van der Waals surface area contributed by atoms with Crippen LogP contribution < -0.4 is 10.6 Å².